The highest BCUT2D eigenvalue weighted by Crippen LogP contribution is 2.25. The smallest absolute Gasteiger partial charge is 0.269 e. The quantitative estimate of drug-likeness (QED) is 0.255. The Bertz CT molecular complexity index is 1320. The number of non-ortho nitro benzene ring substituents is 1. The zero-order chi connectivity index (χ0) is 25.6. The average molecular weight is 501 g/mol. The Kier molecular flexibility index (Phi) is 7.87. The topological polar surface area (TPSA) is 144 Å². The van der Waals surface area contributed by atoms with Gasteiger partial charge in [-0.05, 0) is 62.4 Å². The Morgan fingerprint density at radius 2 is 1.83 bits per heavy atom. The number of carbonyl (C=O) groups is 1. The minimum atomic E-state index is -3.78. The molecule has 0 unspecified atom stereocenters. The maximum atomic E-state index is 12.6. The number of rotatable bonds is 10. The lowest BCUT2D eigenvalue weighted by Gasteiger charge is -2.27. The van der Waals surface area contributed by atoms with Gasteiger partial charge in [0.25, 0.3) is 11.6 Å². The molecule has 1 atom stereocenters. The van der Waals surface area contributed by atoms with Gasteiger partial charge in [-0.3, -0.25) is 19.2 Å². The Morgan fingerprint density at radius 1 is 1.17 bits per heavy atom. The van der Waals surface area contributed by atoms with E-state index in [4.69, 9.17) is 9.15 Å². The standard InChI is InChI=1S/C23H24N4O7S/c1-4-33-20-11-9-18(10-12-20)26(35(3,31)32)16(2)23(28)25-24-15-21-13-14-22(34-21)17-5-7-19(8-6-17)27(29)30/h5-16H,4H2,1-3H3,(H,25,28)/b24-15-/t16-/m1/s1. The van der Waals surface area contributed by atoms with Crippen LogP contribution in [0.2, 0.25) is 0 Å². The number of nitro groups is 1. The van der Waals surface area contributed by atoms with Crippen LogP contribution in [0.4, 0.5) is 11.4 Å². The van der Waals surface area contributed by atoms with Crippen molar-refractivity contribution in [1.82, 2.24) is 5.43 Å². The van der Waals surface area contributed by atoms with Crippen LogP contribution in [-0.4, -0.2) is 44.4 Å². The summed E-state index contributed by atoms with van der Waals surface area (Å²) in [5.41, 5.74) is 3.22. The predicted octanol–water partition coefficient (Wildman–Crippen LogP) is 3.56. The SMILES string of the molecule is CCOc1ccc(N([C@H](C)C(=O)N/N=C\c2ccc(-c3ccc([N+](=O)[O-])cc3)o2)S(C)(=O)=O)cc1. The summed E-state index contributed by atoms with van der Waals surface area (Å²) in [6.45, 7) is 3.75. The van der Waals surface area contributed by atoms with Gasteiger partial charge in [-0.1, -0.05) is 0 Å². The third kappa shape index (κ3) is 6.44. The molecule has 0 fully saturated rings. The summed E-state index contributed by atoms with van der Waals surface area (Å²) in [6, 6.07) is 14.4. The molecule has 12 heteroatoms. The highest BCUT2D eigenvalue weighted by molar-refractivity contribution is 7.92. The molecule has 0 bridgehead atoms. The number of anilines is 1. The van der Waals surface area contributed by atoms with E-state index < -0.39 is 26.9 Å². The van der Waals surface area contributed by atoms with Gasteiger partial charge in [0, 0.05) is 17.7 Å². The highest BCUT2D eigenvalue weighted by Gasteiger charge is 2.29. The molecule has 1 heterocycles. The van der Waals surface area contributed by atoms with Crippen LogP contribution in [0, 0.1) is 10.1 Å². The fourth-order valence-electron chi connectivity index (χ4n) is 3.24. The second kappa shape index (κ2) is 10.8. The Labute approximate surface area is 202 Å². The zero-order valence-electron chi connectivity index (χ0n) is 19.2. The van der Waals surface area contributed by atoms with E-state index in [9.17, 15) is 23.3 Å². The van der Waals surface area contributed by atoms with Gasteiger partial charge >= 0.3 is 0 Å². The molecular formula is C23H24N4O7S. The van der Waals surface area contributed by atoms with E-state index in [0.717, 1.165) is 10.6 Å². The number of hydrazone groups is 1. The van der Waals surface area contributed by atoms with Crippen LogP contribution in [0.1, 0.15) is 19.6 Å². The lowest BCUT2D eigenvalue weighted by molar-refractivity contribution is -0.384. The third-order valence-electron chi connectivity index (χ3n) is 4.85. The van der Waals surface area contributed by atoms with Crippen LogP contribution in [0.15, 0.2) is 70.2 Å². The van der Waals surface area contributed by atoms with E-state index in [0.29, 0.717) is 35.1 Å². The molecule has 3 rings (SSSR count). The number of hydrogen-bond donors (Lipinski definition) is 1. The van der Waals surface area contributed by atoms with Crippen LogP contribution in [-0.2, 0) is 14.8 Å². The molecule has 1 N–H and O–H groups in total. The van der Waals surface area contributed by atoms with Crippen LogP contribution in [0.3, 0.4) is 0 Å². The van der Waals surface area contributed by atoms with Gasteiger partial charge in [0.15, 0.2) is 0 Å². The molecule has 0 radical (unpaired) electrons. The number of furan rings is 1. The van der Waals surface area contributed by atoms with Crippen molar-refractivity contribution in [2.75, 3.05) is 17.2 Å². The molecule has 35 heavy (non-hydrogen) atoms. The van der Waals surface area contributed by atoms with E-state index in [1.807, 2.05) is 6.92 Å². The number of carbonyl (C=O) groups excluding carboxylic acids is 1. The van der Waals surface area contributed by atoms with E-state index in [1.165, 1.54) is 25.3 Å². The maximum absolute atomic E-state index is 12.6. The number of hydrogen-bond acceptors (Lipinski definition) is 8. The second-order valence-electron chi connectivity index (χ2n) is 7.40. The fourth-order valence-corrected chi connectivity index (χ4v) is 4.42. The van der Waals surface area contributed by atoms with Crippen molar-refractivity contribution in [3.05, 3.63) is 76.5 Å². The van der Waals surface area contributed by atoms with Crippen molar-refractivity contribution in [3.8, 4) is 17.1 Å². The Balaban J connectivity index is 1.68. The average Bonchev–Trinajstić information content (AvgIpc) is 3.28. The van der Waals surface area contributed by atoms with E-state index in [2.05, 4.69) is 10.5 Å². The molecule has 3 aromatic rings. The first-order valence-electron chi connectivity index (χ1n) is 10.5. The number of amides is 1. The molecule has 0 aliphatic rings. The minimum absolute atomic E-state index is 0.0349. The molecule has 0 spiro atoms. The Morgan fingerprint density at radius 3 is 2.40 bits per heavy atom. The van der Waals surface area contributed by atoms with Crippen molar-refractivity contribution in [1.29, 1.82) is 0 Å². The normalized spacial score (nSPS) is 12.3. The molecule has 1 aromatic heterocycles. The molecule has 184 valence electrons. The van der Waals surface area contributed by atoms with Crippen molar-refractivity contribution in [3.63, 3.8) is 0 Å². The summed E-state index contributed by atoms with van der Waals surface area (Å²) in [4.78, 5) is 22.9. The third-order valence-corrected chi connectivity index (χ3v) is 6.09. The summed E-state index contributed by atoms with van der Waals surface area (Å²) in [5.74, 6) is 0.707. The number of sulfonamides is 1. The first-order valence-corrected chi connectivity index (χ1v) is 12.3. The number of nitrogens with zero attached hydrogens (tertiary/aromatic N) is 3. The van der Waals surface area contributed by atoms with Crippen LogP contribution in [0.25, 0.3) is 11.3 Å². The summed E-state index contributed by atoms with van der Waals surface area (Å²) >= 11 is 0. The van der Waals surface area contributed by atoms with E-state index in [1.54, 1.807) is 48.5 Å². The molecule has 0 saturated carbocycles. The molecule has 11 nitrogen and oxygen atoms in total. The molecule has 2 aromatic carbocycles. The number of ether oxygens (including phenoxy) is 1. The monoisotopic (exact) mass is 500 g/mol. The van der Waals surface area contributed by atoms with Crippen molar-refractivity contribution in [2.45, 2.75) is 19.9 Å². The highest BCUT2D eigenvalue weighted by atomic mass is 32.2. The molecular weight excluding hydrogens is 476 g/mol. The van der Waals surface area contributed by atoms with E-state index >= 15 is 0 Å². The number of benzene rings is 2. The van der Waals surface area contributed by atoms with Gasteiger partial charge in [-0.15, -0.1) is 0 Å². The van der Waals surface area contributed by atoms with Crippen molar-refractivity contribution in [2.24, 2.45) is 5.10 Å². The zero-order valence-corrected chi connectivity index (χ0v) is 20.1. The van der Waals surface area contributed by atoms with Gasteiger partial charge in [0.2, 0.25) is 10.0 Å². The van der Waals surface area contributed by atoms with Crippen molar-refractivity contribution >= 4 is 33.5 Å². The number of nitro benzene ring substituents is 1. The molecule has 0 aliphatic carbocycles. The minimum Gasteiger partial charge on any atom is -0.494 e. The Hall–Kier alpha value is -4.19. The van der Waals surface area contributed by atoms with Crippen LogP contribution >= 0.6 is 0 Å². The summed E-state index contributed by atoms with van der Waals surface area (Å²) in [5, 5.41) is 14.6. The molecule has 0 saturated heterocycles. The first kappa shape index (κ1) is 25.4. The van der Waals surface area contributed by atoms with Gasteiger partial charge in [0.05, 0.1) is 29.7 Å². The van der Waals surface area contributed by atoms with Gasteiger partial charge in [-0.25, -0.2) is 13.8 Å². The summed E-state index contributed by atoms with van der Waals surface area (Å²) in [6.07, 6.45) is 2.28. The van der Waals surface area contributed by atoms with Crippen LogP contribution < -0.4 is 14.5 Å². The molecule has 1 amide bonds. The summed E-state index contributed by atoms with van der Waals surface area (Å²) in [7, 11) is -3.78. The lowest BCUT2D eigenvalue weighted by atomic mass is 10.1. The molecule has 0 aliphatic heterocycles. The largest absolute Gasteiger partial charge is 0.494 e. The van der Waals surface area contributed by atoms with Crippen molar-refractivity contribution < 1.29 is 27.3 Å². The maximum Gasteiger partial charge on any atom is 0.269 e. The van der Waals surface area contributed by atoms with E-state index in [-0.39, 0.29) is 5.69 Å². The summed E-state index contributed by atoms with van der Waals surface area (Å²) < 4.78 is 36.8. The van der Waals surface area contributed by atoms with Gasteiger partial charge in [-0.2, -0.15) is 5.10 Å². The second-order valence-corrected chi connectivity index (χ2v) is 9.26. The predicted molar refractivity (Wildman–Crippen MR) is 131 cm³/mol. The van der Waals surface area contributed by atoms with Crippen LogP contribution in [0.5, 0.6) is 5.75 Å². The van der Waals surface area contributed by atoms with Gasteiger partial charge in [0.1, 0.15) is 23.3 Å². The van der Waals surface area contributed by atoms with Gasteiger partial charge < -0.3 is 9.15 Å². The number of nitrogens with one attached hydrogen (secondary N) is 1. The fraction of sp³-hybridized carbons (Fsp3) is 0.217. The first-order chi connectivity index (χ1) is 16.6. The lowest BCUT2D eigenvalue weighted by Crippen LogP contribution is -2.46.